The van der Waals surface area contributed by atoms with Crippen LogP contribution in [0.5, 0.6) is 0 Å². The van der Waals surface area contributed by atoms with Gasteiger partial charge in [-0.2, -0.15) is 0 Å². The molecule has 1 N–H and O–H groups in total. The summed E-state index contributed by atoms with van der Waals surface area (Å²) in [7, 11) is 0. The van der Waals surface area contributed by atoms with Gasteiger partial charge in [-0.1, -0.05) is 54.4 Å². The summed E-state index contributed by atoms with van der Waals surface area (Å²) >= 11 is 12.3. The van der Waals surface area contributed by atoms with Crippen molar-refractivity contribution in [1.29, 1.82) is 0 Å². The molecule has 3 rings (SSSR count). The Morgan fingerprint density at radius 2 is 1.76 bits per heavy atom. The van der Waals surface area contributed by atoms with Crippen molar-refractivity contribution >= 4 is 46.4 Å². The summed E-state index contributed by atoms with van der Waals surface area (Å²) in [5.41, 5.74) is 3.10. The van der Waals surface area contributed by atoms with Gasteiger partial charge >= 0.3 is 0 Å². The summed E-state index contributed by atoms with van der Waals surface area (Å²) < 4.78 is 0. The third-order valence-corrected chi connectivity index (χ3v) is 4.86. The Morgan fingerprint density at radius 3 is 2.44 bits per heavy atom. The van der Waals surface area contributed by atoms with Crippen molar-refractivity contribution in [3.8, 4) is 0 Å². The van der Waals surface area contributed by atoms with E-state index >= 15 is 0 Å². The summed E-state index contributed by atoms with van der Waals surface area (Å²) in [5, 5.41) is 3.37. The van der Waals surface area contributed by atoms with E-state index < -0.39 is 11.8 Å². The Morgan fingerprint density at radius 1 is 1.04 bits per heavy atom. The molecule has 0 spiro atoms. The molecule has 0 radical (unpaired) electrons. The zero-order chi connectivity index (χ0) is 18.1. The van der Waals surface area contributed by atoms with Crippen LogP contribution < -0.4 is 10.2 Å². The predicted molar refractivity (Wildman–Crippen MR) is 101 cm³/mol. The Bertz CT molecular complexity index is 906. The fourth-order valence-corrected chi connectivity index (χ4v) is 3.04. The molecule has 1 aliphatic rings. The van der Waals surface area contributed by atoms with Crippen molar-refractivity contribution in [2.45, 2.75) is 20.3 Å². The average Bonchev–Trinajstić information content (AvgIpc) is 2.81. The Kier molecular flexibility index (Phi) is 4.84. The highest BCUT2D eigenvalue weighted by Gasteiger charge is 2.39. The minimum atomic E-state index is -0.567. The highest BCUT2D eigenvalue weighted by molar-refractivity contribution is 6.53. The van der Waals surface area contributed by atoms with Gasteiger partial charge in [-0.15, -0.1) is 0 Å². The van der Waals surface area contributed by atoms with Gasteiger partial charge in [-0.05, 0) is 42.7 Å². The van der Waals surface area contributed by atoms with Gasteiger partial charge in [0.15, 0.2) is 0 Å². The van der Waals surface area contributed by atoms with E-state index in [1.54, 1.807) is 18.2 Å². The lowest BCUT2D eigenvalue weighted by atomic mass is 10.1. The lowest BCUT2D eigenvalue weighted by Gasteiger charge is -2.16. The van der Waals surface area contributed by atoms with Gasteiger partial charge in [0, 0.05) is 10.7 Å². The molecule has 2 aromatic carbocycles. The van der Waals surface area contributed by atoms with Crippen LogP contribution >= 0.6 is 23.2 Å². The van der Waals surface area contributed by atoms with Crippen LogP contribution in [0.4, 0.5) is 11.4 Å². The van der Waals surface area contributed by atoms with Gasteiger partial charge in [-0.3, -0.25) is 9.59 Å². The largest absolute Gasteiger partial charge is 0.349 e. The maximum atomic E-state index is 12.8. The number of rotatable bonds is 4. The number of nitrogens with zero attached hydrogens (tertiary/aromatic N) is 1. The number of amides is 2. The van der Waals surface area contributed by atoms with E-state index in [9.17, 15) is 9.59 Å². The van der Waals surface area contributed by atoms with Crippen LogP contribution in [0.2, 0.25) is 5.02 Å². The molecule has 0 bridgehead atoms. The summed E-state index contributed by atoms with van der Waals surface area (Å²) in [6.45, 7) is 3.86. The SMILES string of the molecule is CCc1ccccc1NC1=C(Cl)C(=O)N(c2ccc(C)c(Cl)c2)C1=O. The number of carbonyl (C=O) groups is 2. The van der Waals surface area contributed by atoms with Gasteiger partial charge in [0.1, 0.15) is 10.7 Å². The fraction of sp³-hybridized carbons (Fsp3) is 0.158. The monoisotopic (exact) mass is 374 g/mol. The molecule has 1 heterocycles. The molecule has 2 aromatic rings. The van der Waals surface area contributed by atoms with E-state index in [1.807, 2.05) is 38.1 Å². The maximum Gasteiger partial charge on any atom is 0.283 e. The van der Waals surface area contributed by atoms with Gasteiger partial charge in [0.2, 0.25) is 0 Å². The third kappa shape index (κ3) is 3.15. The van der Waals surface area contributed by atoms with Crippen LogP contribution in [0.1, 0.15) is 18.1 Å². The van der Waals surface area contributed by atoms with Crippen molar-refractivity contribution in [3.05, 3.63) is 69.3 Å². The number of aryl methyl sites for hydroxylation is 2. The number of benzene rings is 2. The molecule has 128 valence electrons. The predicted octanol–water partition coefficient (Wildman–Crippen LogP) is 4.65. The van der Waals surface area contributed by atoms with E-state index in [0.29, 0.717) is 10.7 Å². The molecule has 0 unspecified atom stereocenters. The van der Waals surface area contributed by atoms with Crippen molar-refractivity contribution in [2.24, 2.45) is 0 Å². The van der Waals surface area contributed by atoms with Crippen LogP contribution in [0.3, 0.4) is 0 Å². The third-order valence-electron chi connectivity index (χ3n) is 4.10. The van der Waals surface area contributed by atoms with E-state index in [4.69, 9.17) is 23.2 Å². The smallest absolute Gasteiger partial charge is 0.283 e. The van der Waals surface area contributed by atoms with Crippen LogP contribution in [-0.4, -0.2) is 11.8 Å². The molecule has 0 saturated heterocycles. The average molecular weight is 375 g/mol. The molecule has 6 heteroatoms. The van der Waals surface area contributed by atoms with Crippen LogP contribution in [0.25, 0.3) is 0 Å². The lowest BCUT2D eigenvalue weighted by molar-refractivity contribution is -0.120. The van der Waals surface area contributed by atoms with Crippen molar-refractivity contribution in [1.82, 2.24) is 0 Å². The maximum absolute atomic E-state index is 12.8. The van der Waals surface area contributed by atoms with Crippen LogP contribution in [-0.2, 0) is 16.0 Å². The minimum absolute atomic E-state index is 0.0734. The summed E-state index contributed by atoms with van der Waals surface area (Å²) in [5.74, 6) is -1.07. The lowest BCUT2D eigenvalue weighted by Crippen LogP contribution is -2.32. The highest BCUT2D eigenvalue weighted by Crippen LogP contribution is 2.32. The van der Waals surface area contributed by atoms with E-state index in [1.165, 1.54) is 0 Å². The fourth-order valence-electron chi connectivity index (χ4n) is 2.65. The molecule has 4 nitrogen and oxygen atoms in total. The van der Waals surface area contributed by atoms with E-state index in [2.05, 4.69) is 5.32 Å². The Hall–Kier alpha value is -2.30. The molecule has 0 saturated carbocycles. The molecule has 25 heavy (non-hydrogen) atoms. The first kappa shape index (κ1) is 17.5. The number of imide groups is 1. The number of halogens is 2. The summed E-state index contributed by atoms with van der Waals surface area (Å²) in [6, 6.07) is 12.6. The molecule has 0 aromatic heterocycles. The first-order valence-corrected chi connectivity index (χ1v) is 8.59. The second-order valence-corrected chi connectivity index (χ2v) is 6.49. The second-order valence-electron chi connectivity index (χ2n) is 5.70. The first-order chi connectivity index (χ1) is 11.9. The first-order valence-electron chi connectivity index (χ1n) is 7.83. The number of hydrogen-bond donors (Lipinski definition) is 1. The molecule has 0 aliphatic carbocycles. The van der Waals surface area contributed by atoms with E-state index in [-0.39, 0.29) is 10.7 Å². The number of anilines is 2. The van der Waals surface area contributed by atoms with Crippen molar-refractivity contribution < 1.29 is 9.59 Å². The Labute approximate surface area is 156 Å². The van der Waals surface area contributed by atoms with Crippen LogP contribution in [0.15, 0.2) is 53.2 Å². The van der Waals surface area contributed by atoms with E-state index in [0.717, 1.165) is 28.1 Å². The Balaban J connectivity index is 1.95. The molecular weight excluding hydrogens is 359 g/mol. The standard InChI is InChI=1S/C19H16Cl2N2O2/c1-3-12-6-4-5-7-15(12)22-17-16(21)18(24)23(19(17)25)13-9-8-11(2)14(20)10-13/h4-10,22H,3H2,1-2H3. The molecule has 0 atom stereocenters. The normalized spacial score (nSPS) is 14.5. The zero-order valence-corrected chi connectivity index (χ0v) is 15.3. The quantitative estimate of drug-likeness (QED) is 0.792. The number of hydrogen-bond acceptors (Lipinski definition) is 3. The van der Waals surface area contributed by atoms with Gasteiger partial charge < -0.3 is 5.32 Å². The molecule has 0 fully saturated rings. The van der Waals surface area contributed by atoms with Crippen molar-refractivity contribution in [2.75, 3.05) is 10.2 Å². The zero-order valence-electron chi connectivity index (χ0n) is 13.8. The number of nitrogens with one attached hydrogen (secondary N) is 1. The topological polar surface area (TPSA) is 49.4 Å². The number of carbonyl (C=O) groups excluding carboxylic acids is 2. The molecular formula is C19H16Cl2N2O2. The highest BCUT2D eigenvalue weighted by atomic mass is 35.5. The van der Waals surface area contributed by atoms with Crippen LogP contribution in [0, 0.1) is 6.92 Å². The summed E-state index contributed by atoms with van der Waals surface area (Å²) in [6.07, 6.45) is 0.785. The molecule has 1 aliphatic heterocycles. The van der Waals surface area contributed by atoms with Crippen molar-refractivity contribution in [3.63, 3.8) is 0 Å². The second kappa shape index (κ2) is 6.90. The van der Waals surface area contributed by atoms with Gasteiger partial charge in [0.05, 0.1) is 5.69 Å². The summed E-state index contributed by atoms with van der Waals surface area (Å²) in [4.78, 5) is 26.3. The number of para-hydroxylation sites is 1. The minimum Gasteiger partial charge on any atom is -0.349 e. The van der Waals surface area contributed by atoms with Gasteiger partial charge in [0.25, 0.3) is 11.8 Å². The van der Waals surface area contributed by atoms with Gasteiger partial charge in [-0.25, -0.2) is 4.90 Å². The molecule has 2 amide bonds.